The van der Waals surface area contributed by atoms with E-state index in [4.69, 9.17) is 4.52 Å². The first-order valence-corrected chi connectivity index (χ1v) is 4.71. The molecule has 2 heterocycles. The molecular formula is C10H13N3O. The molecule has 2 rings (SSSR count). The Morgan fingerprint density at radius 3 is 3.00 bits per heavy atom. The Balaban J connectivity index is 2.18. The Morgan fingerprint density at radius 1 is 1.50 bits per heavy atom. The van der Waals surface area contributed by atoms with Crippen LogP contribution in [0.2, 0.25) is 0 Å². The first-order chi connectivity index (χ1) is 6.75. The van der Waals surface area contributed by atoms with Crippen LogP contribution in [0.5, 0.6) is 0 Å². The molecule has 4 heteroatoms. The summed E-state index contributed by atoms with van der Waals surface area (Å²) in [5.41, 5.74) is 0.769. The maximum Gasteiger partial charge on any atom is 0.159 e. The van der Waals surface area contributed by atoms with Crippen molar-refractivity contribution >= 4 is 0 Å². The molecular weight excluding hydrogens is 178 g/mol. The predicted octanol–water partition coefficient (Wildman–Crippen LogP) is 2.26. The van der Waals surface area contributed by atoms with Gasteiger partial charge in [-0.2, -0.15) is 0 Å². The summed E-state index contributed by atoms with van der Waals surface area (Å²) in [5, 5.41) is 3.94. The second-order valence-electron chi connectivity index (χ2n) is 3.71. The number of imidazole rings is 1. The van der Waals surface area contributed by atoms with Gasteiger partial charge >= 0.3 is 0 Å². The van der Waals surface area contributed by atoms with Crippen LogP contribution in [0.25, 0.3) is 11.5 Å². The summed E-state index contributed by atoms with van der Waals surface area (Å²) in [6, 6.07) is 1.93. The minimum Gasteiger partial charge on any atom is -0.361 e. The summed E-state index contributed by atoms with van der Waals surface area (Å²) in [6.45, 7) is 4.30. The number of nitrogens with one attached hydrogen (secondary N) is 1. The van der Waals surface area contributed by atoms with Crippen molar-refractivity contribution < 1.29 is 4.52 Å². The van der Waals surface area contributed by atoms with E-state index in [2.05, 4.69) is 29.0 Å². The largest absolute Gasteiger partial charge is 0.361 e. The second kappa shape index (κ2) is 3.65. The molecule has 0 bridgehead atoms. The average molecular weight is 191 g/mol. The van der Waals surface area contributed by atoms with Crippen molar-refractivity contribution in [2.24, 2.45) is 5.92 Å². The summed E-state index contributed by atoms with van der Waals surface area (Å²) in [6.07, 6.45) is 4.38. The summed E-state index contributed by atoms with van der Waals surface area (Å²) in [5.74, 6) is 2.24. The molecule has 0 atom stereocenters. The van der Waals surface area contributed by atoms with Crippen LogP contribution in [0.15, 0.2) is 23.0 Å². The molecule has 1 N–H and O–H groups in total. The number of H-pyrrole nitrogens is 1. The van der Waals surface area contributed by atoms with Crippen molar-refractivity contribution in [3.05, 3.63) is 24.2 Å². The third-order valence-electron chi connectivity index (χ3n) is 1.91. The fourth-order valence-electron chi connectivity index (χ4n) is 1.33. The van der Waals surface area contributed by atoms with Gasteiger partial charge in [-0.05, 0) is 5.92 Å². The minimum absolute atomic E-state index is 0.576. The number of aromatic nitrogens is 3. The first kappa shape index (κ1) is 8.99. The van der Waals surface area contributed by atoms with E-state index in [1.807, 2.05) is 6.07 Å². The SMILES string of the molecule is CC(C)Cc1cc(-c2ncc[nH]2)no1. The van der Waals surface area contributed by atoms with Crippen molar-refractivity contribution in [3.8, 4) is 11.5 Å². The van der Waals surface area contributed by atoms with Crippen molar-refractivity contribution in [3.63, 3.8) is 0 Å². The predicted molar refractivity (Wildman–Crippen MR) is 52.6 cm³/mol. The van der Waals surface area contributed by atoms with Crippen LogP contribution in [0.4, 0.5) is 0 Å². The molecule has 0 saturated carbocycles. The van der Waals surface area contributed by atoms with Gasteiger partial charge < -0.3 is 9.51 Å². The zero-order chi connectivity index (χ0) is 9.97. The number of hydrogen-bond acceptors (Lipinski definition) is 3. The lowest BCUT2D eigenvalue weighted by atomic mass is 10.1. The molecule has 2 aromatic heterocycles. The molecule has 0 unspecified atom stereocenters. The van der Waals surface area contributed by atoms with E-state index in [0.717, 1.165) is 23.7 Å². The summed E-state index contributed by atoms with van der Waals surface area (Å²) in [4.78, 5) is 7.09. The highest BCUT2D eigenvalue weighted by Gasteiger charge is 2.08. The van der Waals surface area contributed by atoms with Crippen molar-refractivity contribution in [1.82, 2.24) is 15.1 Å². The number of aromatic amines is 1. The maximum atomic E-state index is 5.19. The van der Waals surface area contributed by atoms with Gasteiger partial charge in [0.1, 0.15) is 11.5 Å². The average Bonchev–Trinajstić information content (AvgIpc) is 2.69. The molecule has 0 saturated heterocycles. The van der Waals surface area contributed by atoms with Gasteiger partial charge in [0.2, 0.25) is 0 Å². The molecule has 0 aromatic carbocycles. The molecule has 0 aliphatic heterocycles. The Labute approximate surface area is 82.3 Å². The van der Waals surface area contributed by atoms with Gasteiger partial charge in [0.15, 0.2) is 5.82 Å². The van der Waals surface area contributed by atoms with Gasteiger partial charge in [0.25, 0.3) is 0 Å². The highest BCUT2D eigenvalue weighted by molar-refractivity contribution is 5.47. The number of nitrogens with zero attached hydrogens (tertiary/aromatic N) is 2. The Bertz CT molecular complexity index is 389. The van der Waals surface area contributed by atoms with Crippen LogP contribution in [-0.4, -0.2) is 15.1 Å². The second-order valence-corrected chi connectivity index (χ2v) is 3.71. The lowest BCUT2D eigenvalue weighted by Crippen LogP contribution is -1.90. The van der Waals surface area contributed by atoms with Gasteiger partial charge in [-0.15, -0.1) is 0 Å². The van der Waals surface area contributed by atoms with Crippen molar-refractivity contribution in [2.45, 2.75) is 20.3 Å². The zero-order valence-corrected chi connectivity index (χ0v) is 8.32. The maximum absolute atomic E-state index is 5.19. The molecule has 4 nitrogen and oxygen atoms in total. The Morgan fingerprint density at radius 2 is 2.36 bits per heavy atom. The topological polar surface area (TPSA) is 54.7 Å². The van der Waals surface area contributed by atoms with E-state index in [1.54, 1.807) is 12.4 Å². The van der Waals surface area contributed by atoms with Gasteiger partial charge in [-0.1, -0.05) is 19.0 Å². The van der Waals surface area contributed by atoms with Crippen LogP contribution in [-0.2, 0) is 6.42 Å². The molecule has 74 valence electrons. The van der Waals surface area contributed by atoms with E-state index in [1.165, 1.54) is 0 Å². The van der Waals surface area contributed by atoms with Crippen LogP contribution in [0.1, 0.15) is 19.6 Å². The Kier molecular flexibility index (Phi) is 2.35. The Hall–Kier alpha value is -1.58. The zero-order valence-electron chi connectivity index (χ0n) is 8.32. The van der Waals surface area contributed by atoms with Crippen LogP contribution >= 0.6 is 0 Å². The molecule has 0 fully saturated rings. The molecule has 0 amide bonds. The number of hydrogen-bond donors (Lipinski definition) is 1. The van der Waals surface area contributed by atoms with E-state index in [0.29, 0.717) is 5.92 Å². The highest BCUT2D eigenvalue weighted by atomic mass is 16.5. The van der Waals surface area contributed by atoms with Crippen molar-refractivity contribution in [2.75, 3.05) is 0 Å². The van der Waals surface area contributed by atoms with Gasteiger partial charge in [0, 0.05) is 24.9 Å². The van der Waals surface area contributed by atoms with E-state index in [9.17, 15) is 0 Å². The lowest BCUT2D eigenvalue weighted by Gasteiger charge is -1.96. The quantitative estimate of drug-likeness (QED) is 0.809. The van der Waals surface area contributed by atoms with E-state index in [-0.39, 0.29) is 0 Å². The van der Waals surface area contributed by atoms with E-state index >= 15 is 0 Å². The van der Waals surface area contributed by atoms with Gasteiger partial charge in [-0.3, -0.25) is 0 Å². The molecule has 0 radical (unpaired) electrons. The molecule has 2 aromatic rings. The third kappa shape index (κ3) is 1.84. The summed E-state index contributed by atoms with van der Waals surface area (Å²) >= 11 is 0. The third-order valence-corrected chi connectivity index (χ3v) is 1.91. The normalized spacial score (nSPS) is 11.1. The van der Waals surface area contributed by atoms with Crippen LogP contribution in [0.3, 0.4) is 0 Å². The molecule has 0 aliphatic rings. The van der Waals surface area contributed by atoms with E-state index < -0.39 is 0 Å². The number of rotatable bonds is 3. The van der Waals surface area contributed by atoms with Crippen LogP contribution in [0, 0.1) is 5.92 Å². The molecule has 14 heavy (non-hydrogen) atoms. The monoisotopic (exact) mass is 191 g/mol. The fourth-order valence-corrected chi connectivity index (χ4v) is 1.33. The molecule has 0 spiro atoms. The minimum atomic E-state index is 0.576. The smallest absolute Gasteiger partial charge is 0.159 e. The van der Waals surface area contributed by atoms with Gasteiger partial charge in [-0.25, -0.2) is 4.98 Å². The highest BCUT2D eigenvalue weighted by Crippen LogP contribution is 2.16. The summed E-state index contributed by atoms with van der Waals surface area (Å²) in [7, 11) is 0. The van der Waals surface area contributed by atoms with Crippen molar-refractivity contribution in [1.29, 1.82) is 0 Å². The summed E-state index contributed by atoms with van der Waals surface area (Å²) < 4.78 is 5.19. The van der Waals surface area contributed by atoms with Gasteiger partial charge in [0.05, 0.1) is 0 Å². The first-order valence-electron chi connectivity index (χ1n) is 4.71. The van der Waals surface area contributed by atoms with Crippen LogP contribution < -0.4 is 0 Å². The lowest BCUT2D eigenvalue weighted by molar-refractivity contribution is 0.370. The molecule has 0 aliphatic carbocycles. The standard InChI is InChI=1S/C10H13N3O/c1-7(2)5-8-6-9(13-14-8)10-11-3-4-12-10/h3-4,6-7H,5H2,1-2H3,(H,11,12). The fraction of sp³-hybridized carbons (Fsp3) is 0.400.